The van der Waals surface area contributed by atoms with Crippen molar-refractivity contribution in [2.75, 3.05) is 52.5 Å². The Morgan fingerprint density at radius 2 is 1.81 bits per heavy atom. The summed E-state index contributed by atoms with van der Waals surface area (Å²) in [5, 5.41) is 9.08. The number of ether oxygens (including phenoxy) is 5. The van der Waals surface area contributed by atoms with Gasteiger partial charge in [-0.3, -0.25) is 4.79 Å². The molecule has 3 aromatic carbocycles. The van der Waals surface area contributed by atoms with Crippen LogP contribution in [0.15, 0.2) is 65.6 Å². The van der Waals surface area contributed by atoms with E-state index in [2.05, 4.69) is 0 Å². The maximum absolute atomic E-state index is 14.0. The molecule has 2 atom stereocenters. The van der Waals surface area contributed by atoms with Crippen molar-refractivity contribution in [3.63, 3.8) is 0 Å². The summed E-state index contributed by atoms with van der Waals surface area (Å²) in [5.74, 6) is 0.286. The number of sulfonamides is 1. The van der Waals surface area contributed by atoms with E-state index in [0.717, 1.165) is 5.56 Å². The van der Waals surface area contributed by atoms with Gasteiger partial charge in [0.1, 0.15) is 30.3 Å². The smallest absolute Gasteiger partial charge is 0.341 e. The molecule has 0 amide bonds. The first-order chi connectivity index (χ1) is 22.6. The minimum absolute atomic E-state index is 0.0848. The maximum atomic E-state index is 14.0. The third kappa shape index (κ3) is 7.91. The Labute approximate surface area is 274 Å². The molecule has 0 saturated carbocycles. The lowest BCUT2D eigenvalue weighted by atomic mass is 10.00. The monoisotopic (exact) mass is 668 g/mol. The number of anilines is 1. The number of piperidine rings is 1. The molecule has 3 aromatic rings. The van der Waals surface area contributed by atoms with Crippen LogP contribution in [-0.4, -0.2) is 83.4 Å². The van der Waals surface area contributed by atoms with Crippen LogP contribution in [0.4, 0.5) is 5.69 Å². The normalized spacial score (nSPS) is 17.2. The number of esters is 1. The lowest BCUT2D eigenvalue weighted by molar-refractivity contribution is -0.155. The third-order valence-corrected chi connectivity index (χ3v) is 10.3. The second-order valence-electron chi connectivity index (χ2n) is 11.4. The highest BCUT2D eigenvalue weighted by Gasteiger charge is 2.40. The van der Waals surface area contributed by atoms with E-state index in [9.17, 15) is 18.0 Å². The van der Waals surface area contributed by atoms with Crippen molar-refractivity contribution < 1.29 is 46.8 Å². The molecule has 1 fully saturated rings. The highest BCUT2D eigenvalue weighted by Crippen LogP contribution is 2.36. The van der Waals surface area contributed by atoms with Crippen LogP contribution in [0.3, 0.4) is 0 Å². The lowest BCUT2D eigenvalue weighted by Gasteiger charge is -2.34. The summed E-state index contributed by atoms with van der Waals surface area (Å²) in [5.41, 5.74) is 2.17. The Morgan fingerprint density at radius 3 is 2.57 bits per heavy atom. The quantitative estimate of drug-likeness (QED) is 0.258. The van der Waals surface area contributed by atoms with Gasteiger partial charge in [0, 0.05) is 13.6 Å². The van der Waals surface area contributed by atoms with Gasteiger partial charge in [0.2, 0.25) is 10.0 Å². The topological polar surface area (TPSA) is 141 Å². The molecule has 13 heteroatoms. The number of methoxy groups -OCH3 is 2. The number of likely N-dealkylation sites (N-methyl/N-ethyl adjacent to an activating group) is 1. The number of nitrogens with zero attached hydrogens (tertiary/aromatic N) is 2. The number of hydrogen-bond donors (Lipinski definition) is 1. The fourth-order valence-corrected chi connectivity index (χ4v) is 7.52. The Bertz CT molecular complexity index is 1700. The molecule has 1 unspecified atom stereocenters. The van der Waals surface area contributed by atoms with Crippen LogP contribution in [-0.2, 0) is 30.8 Å². The van der Waals surface area contributed by atoms with Crippen LogP contribution in [0.1, 0.15) is 42.9 Å². The largest absolute Gasteiger partial charge is 0.493 e. The number of carboxylic acid groups (broad SMARTS) is 1. The molecule has 2 heterocycles. The van der Waals surface area contributed by atoms with E-state index in [1.165, 1.54) is 10.4 Å². The zero-order valence-electron chi connectivity index (χ0n) is 26.7. The molecule has 0 aromatic heterocycles. The molecule has 5 rings (SSSR count). The van der Waals surface area contributed by atoms with Crippen LogP contribution >= 0.6 is 0 Å². The number of hydrogen-bond acceptors (Lipinski definition) is 10. The standard InChI is InChI=1S/C34H40N2O10S/c1-35-17-18-44-30-15-12-26(21-28(30)35)47(40,41)36-16-5-4-9-27(36)34(39)46-29(24-7-6-8-25(20-24)45-22-33(37)38)13-10-23-11-14-31(42-2)32(19-23)43-3/h6-8,11-12,14-15,19-21,27,29H,4-5,9-10,13,16-18,22H2,1-3H3,(H,37,38)/t27?,29-/m1/s1. The Kier molecular flexibility index (Phi) is 10.8. The Hall–Kier alpha value is -4.49. The summed E-state index contributed by atoms with van der Waals surface area (Å²) in [6.45, 7) is 0.791. The number of carboxylic acids is 1. The van der Waals surface area contributed by atoms with Crippen molar-refractivity contribution in [3.8, 4) is 23.0 Å². The van der Waals surface area contributed by atoms with Crippen LogP contribution < -0.4 is 23.8 Å². The predicted molar refractivity (Wildman–Crippen MR) is 173 cm³/mol. The molecule has 2 aliphatic heterocycles. The van der Waals surface area contributed by atoms with E-state index in [1.807, 2.05) is 24.1 Å². The van der Waals surface area contributed by atoms with E-state index < -0.39 is 40.7 Å². The summed E-state index contributed by atoms with van der Waals surface area (Å²) >= 11 is 0. The van der Waals surface area contributed by atoms with E-state index in [-0.39, 0.29) is 11.4 Å². The zero-order valence-corrected chi connectivity index (χ0v) is 27.5. The van der Waals surface area contributed by atoms with Crippen molar-refractivity contribution >= 4 is 27.6 Å². The van der Waals surface area contributed by atoms with Gasteiger partial charge in [-0.05, 0) is 85.7 Å². The van der Waals surface area contributed by atoms with Gasteiger partial charge >= 0.3 is 11.9 Å². The first-order valence-electron chi connectivity index (χ1n) is 15.5. The van der Waals surface area contributed by atoms with Gasteiger partial charge in [-0.1, -0.05) is 18.2 Å². The van der Waals surface area contributed by atoms with Gasteiger partial charge in [0.25, 0.3) is 0 Å². The molecule has 0 aliphatic carbocycles. The van der Waals surface area contributed by atoms with Crippen LogP contribution in [0.2, 0.25) is 0 Å². The molecule has 1 N–H and O–H groups in total. The highest BCUT2D eigenvalue weighted by molar-refractivity contribution is 7.89. The summed E-state index contributed by atoms with van der Waals surface area (Å²) in [7, 11) is 0.927. The number of aliphatic carboxylic acids is 1. The summed E-state index contributed by atoms with van der Waals surface area (Å²) < 4.78 is 57.3. The average Bonchev–Trinajstić information content (AvgIpc) is 3.09. The second kappa shape index (κ2) is 14.9. The van der Waals surface area contributed by atoms with Gasteiger partial charge in [0.15, 0.2) is 18.1 Å². The first-order valence-corrected chi connectivity index (χ1v) is 16.9. The van der Waals surface area contributed by atoms with E-state index in [1.54, 1.807) is 56.7 Å². The van der Waals surface area contributed by atoms with Crippen molar-refractivity contribution in [1.82, 2.24) is 4.31 Å². The Balaban J connectivity index is 1.41. The molecular formula is C34H40N2O10S. The van der Waals surface area contributed by atoms with Gasteiger partial charge in [0.05, 0.1) is 31.3 Å². The molecule has 12 nitrogen and oxygen atoms in total. The molecule has 0 spiro atoms. The summed E-state index contributed by atoms with van der Waals surface area (Å²) in [4.78, 5) is 27.1. The van der Waals surface area contributed by atoms with Gasteiger partial charge in [-0.15, -0.1) is 0 Å². The molecule has 0 radical (unpaired) electrons. The van der Waals surface area contributed by atoms with Gasteiger partial charge in [-0.2, -0.15) is 4.31 Å². The van der Waals surface area contributed by atoms with Crippen LogP contribution in [0.25, 0.3) is 0 Å². The van der Waals surface area contributed by atoms with E-state index in [4.69, 9.17) is 28.8 Å². The number of fused-ring (bicyclic) bond motifs is 1. The summed E-state index contributed by atoms with van der Waals surface area (Å²) in [6.07, 6.45) is 1.64. The molecule has 2 aliphatic rings. The fraction of sp³-hybridized carbons (Fsp3) is 0.412. The highest BCUT2D eigenvalue weighted by atomic mass is 32.2. The maximum Gasteiger partial charge on any atom is 0.341 e. The predicted octanol–water partition coefficient (Wildman–Crippen LogP) is 4.46. The van der Waals surface area contributed by atoms with E-state index >= 15 is 0 Å². The van der Waals surface area contributed by atoms with Crippen molar-refractivity contribution in [2.24, 2.45) is 0 Å². The number of rotatable bonds is 13. The zero-order chi connectivity index (χ0) is 33.6. The number of aryl methyl sites for hydroxylation is 1. The molecule has 47 heavy (non-hydrogen) atoms. The van der Waals surface area contributed by atoms with Crippen LogP contribution in [0, 0.1) is 0 Å². The van der Waals surface area contributed by atoms with E-state index in [0.29, 0.717) is 79.5 Å². The van der Waals surface area contributed by atoms with Crippen molar-refractivity contribution in [3.05, 3.63) is 71.8 Å². The summed E-state index contributed by atoms with van der Waals surface area (Å²) in [6, 6.07) is 16.0. The average molecular weight is 669 g/mol. The second-order valence-corrected chi connectivity index (χ2v) is 13.3. The van der Waals surface area contributed by atoms with Crippen molar-refractivity contribution in [1.29, 1.82) is 0 Å². The molecule has 1 saturated heterocycles. The number of carbonyl (C=O) groups excluding carboxylic acids is 1. The van der Waals surface area contributed by atoms with Crippen molar-refractivity contribution in [2.45, 2.75) is 49.1 Å². The number of benzene rings is 3. The third-order valence-electron chi connectivity index (χ3n) is 8.35. The Morgan fingerprint density at radius 1 is 1.00 bits per heavy atom. The number of carbonyl (C=O) groups is 2. The van der Waals surface area contributed by atoms with Gasteiger partial charge < -0.3 is 33.7 Å². The first kappa shape index (κ1) is 33.9. The SMILES string of the molecule is COc1ccc(CC[C@@H](OC(=O)C2CCCCN2S(=O)(=O)c2ccc3c(c2)N(C)CCO3)c2cccc(OCC(=O)O)c2)cc1OC. The fourth-order valence-electron chi connectivity index (χ4n) is 5.85. The van der Waals surface area contributed by atoms with Crippen LogP contribution in [0.5, 0.6) is 23.0 Å². The molecule has 252 valence electrons. The lowest BCUT2D eigenvalue weighted by Crippen LogP contribution is -2.48. The van der Waals surface area contributed by atoms with Gasteiger partial charge in [-0.25, -0.2) is 13.2 Å². The molecule has 0 bridgehead atoms. The molecular weight excluding hydrogens is 628 g/mol. The minimum atomic E-state index is -4.06. The minimum Gasteiger partial charge on any atom is -0.493 e.